The van der Waals surface area contributed by atoms with Crippen molar-refractivity contribution in [2.45, 2.75) is 6.61 Å². The first kappa shape index (κ1) is 13.3. The van der Waals surface area contributed by atoms with Crippen LogP contribution in [0.4, 0.5) is 0 Å². The average molecular weight is 305 g/mol. The fraction of sp³-hybridized carbons (Fsp3) is 0.125. The van der Waals surface area contributed by atoms with Crippen LogP contribution in [0, 0.1) is 0 Å². The minimum absolute atomic E-state index is 0.546. The summed E-state index contributed by atoms with van der Waals surface area (Å²) < 4.78 is 12.1. The number of hydrogen-bond acceptors (Lipinski definition) is 3. The van der Waals surface area contributed by atoms with Gasteiger partial charge in [0.05, 0.1) is 7.11 Å². The Morgan fingerprint density at radius 2 is 1.90 bits per heavy atom. The van der Waals surface area contributed by atoms with Gasteiger partial charge in [0.1, 0.15) is 18.1 Å². The lowest BCUT2D eigenvalue weighted by molar-refractivity contribution is 0.307. The highest BCUT2D eigenvalue weighted by Crippen LogP contribution is 2.29. The number of hydrogen-bond donors (Lipinski definition) is 0. The van der Waals surface area contributed by atoms with Crippen LogP contribution in [0.1, 0.15) is 4.88 Å². The highest BCUT2D eigenvalue weighted by molar-refractivity contribution is 7.19. The first-order valence-corrected chi connectivity index (χ1v) is 7.39. The average Bonchev–Trinajstić information content (AvgIpc) is 2.87. The van der Waals surface area contributed by atoms with Gasteiger partial charge in [0.2, 0.25) is 0 Å². The normalized spacial score (nSPS) is 10.7. The van der Waals surface area contributed by atoms with Crippen molar-refractivity contribution in [3.63, 3.8) is 0 Å². The molecule has 0 fully saturated rings. The Hall–Kier alpha value is -1.71. The van der Waals surface area contributed by atoms with E-state index in [0.29, 0.717) is 6.61 Å². The highest BCUT2D eigenvalue weighted by atomic mass is 35.5. The maximum atomic E-state index is 6.00. The van der Waals surface area contributed by atoms with Crippen molar-refractivity contribution in [2.24, 2.45) is 0 Å². The summed E-state index contributed by atoms with van der Waals surface area (Å²) in [5, 5.41) is 1.96. The molecule has 4 heteroatoms. The zero-order valence-electron chi connectivity index (χ0n) is 10.9. The molecular formula is C16H13ClO2S. The van der Waals surface area contributed by atoms with Gasteiger partial charge in [-0.25, -0.2) is 0 Å². The van der Waals surface area contributed by atoms with Crippen LogP contribution in [0.2, 0.25) is 5.02 Å². The molecule has 0 amide bonds. The van der Waals surface area contributed by atoms with Crippen molar-refractivity contribution in [3.05, 3.63) is 58.4 Å². The number of ether oxygens (including phenoxy) is 2. The number of benzene rings is 2. The molecule has 0 unspecified atom stereocenters. The Bertz CT molecular complexity index is 736. The molecule has 0 N–H and O–H groups in total. The van der Waals surface area contributed by atoms with E-state index in [1.807, 2.05) is 42.5 Å². The molecular weight excluding hydrogens is 292 g/mol. The topological polar surface area (TPSA) is 18.5 Å². The largest absolute Gasteiger partial charge is 0.497 e. The number of methoxy groups -OCH3 is 1. The van der Waals surface area contributed by atoms with Crippen LogP contribution >= 0.6 is 22.9 Å². The number of halogens is 1. The Kier molecular flexibility index (Phi) is 3.81. The maximum Gasteiger partial charge on any atom is 0.123 e. The zero-order valence-corrected chi connectivity index (χ0v) is 12.5. The van der Waals surface area contributed by atoms with Crippen LogP contribution in [0.5, 0.6) is 11.5 Å². The summed E-state index contributed by atoms with van der Waals surface area (Å²) in [5.74, 6) is 1.60. The SMILES string of the molecule is COc1cccc(OCc2cc3ccc(Cl)cc3s2)c1. The van der Waals surface area contributed by atoms with Gasteiger partial charge in [-0.1, -0.05) is 23.7 Å². The van der Waals surface area contributed by atoms with Gasteiger partial charge in [-0.2, -0.15) is 0 Å². The van der Waals surface area contributed by atoms with Crippen molar-refractivity contribution < 1.29 is 9.47 Å². The molecule has 0 radical (unpaired) electrons. The maximum absolute atomic E-state index is 6.00. The van der Waals surface area contributed by atoms with E-state index in [1.165, 1.54) is 15.0 Å². The standard InChI is InChI=1S/C16H13ClO2S/c1-18-13-3-2-4-14(9-13)19-10-15-7-11-5-6-12(17)8-16(11)20-15/h2-9H,10H2,1H3. The van der Waals surface area contributed by atoms with E-state index < -0.39 is 0 Å². The molecule has 0 aliphatic rings. The van der Waals surface area contributed by atoms with Gasteiger partial charge in [0.15, 0.2) is 0 Å². The van der Waals surface area contributed by atoms with Crippen molar-refractivity contribution in [1.29, 1.82) is 0 Å². The van der Waals surface area contributed by atoms with Crippen molar-refractivity contribution >= 4 is 33.0 Å². The molecule has 1 heterocycles. The van der Waals surface area contributed by atoms with Crippen LogP contribution in [-0.4, -0.2) is 7.11 Å². The number of thiophene rings is 1. The second-order valence-electron chi connectivity index (χ2n) is 4.36. The van der Waals surface area contributed by atoms with Gasteiger partial charge < -0.3 is 9.47 Å². The molecule has 3 rings (SSSR count). The summed E-state index contributed by atoms with van der Waals surface area (Å²) in [4.78, 5) is 1.17. The summed E-state index contributed by atoms with van der Waals surface area (Å²) in [7, 11) is 1.65. The predicted octanol–water partition coefficient (Wildman–Crippen LogP) is 5.14. The molecule has 0 saturated heterocycles. The fourth-order valence-electron chi connectivity index (χ4n) is 1.98. The van der Waals surface area contributed by atoms with Gasteiger partial charge in [-0.3, -0.25) is 0 Å². The predicted molar refractivity (Wildman–Crippen MR) is 84.2 cm³/mol. The van der Waals surface area contributed by atoms with Gasteiger partial charge in [-0.05, 0) is 35.7 Å². The van der Waals surface area contributed by atoms with Gasteiger partial charge in [0, 0.05) is 20.7 Å². The van der Waals surface area contributed by atoms with Crippen LogP contribution in [0.3, 0.4) is 0 Å². The van der Waals surface area contributed by atoms with Crippen LogP contribution < -0.4 is 9.47 Å². The fourth-order valence-corrected chi connectivity index (χ4v) is 3.23. The lowest BCUT2D eigenvalue weighted by atomic mass is 10.2. The highest BCUT2D eigenvalue weighted by Gasteiger charge is 2.04. The minimum atomic E-state index is 0.546. The molecule has 0 atom stereocenters. The van der Waals surface area contributed by atoms with Gasteiger partial charge in [-0.15, -0.1) is 11.3 Å². The first-order valence-electron chi connectivity index (χ1n) is 6.19. The third-order valence-corrected chi connectivity index (χ3v) is 4.26. The monoisotopic (exact) mass is 304 g/mol. The zero-order chi connectivity index (χ0) is 13.9. The Morgan fingerprint density at radius 1 is 1.05 bits per heavy atom. The second-order valence-corrected chi connectivity index (χ2v) is 5.97. The minimum Gasteiger partial charge on any atom is -0.497 e. The summed E-state index contributed by atoms with van der Waals surface area (Å²) in [6.45, 7) is 0.546. The van der Waals surface area contributed by atoms with E-state index in [2.05, 4.69) is 6.07 Å². The van der Waals surface area contributed by atoms with E-state index in [-0.39, 0.29) is 0 Å². The molecule has 2 aromatic carbocycles. The van der Waals surface area contributed by atoms with E-state index in [9.17, 15) is 0 Å². The summed E-state index contributed by atoms with van der Waals surface area (Å²) >= 11 is 7.70. The molecule has 0 spiro atoms. The molecule has 3 aromatic rings. The third kappa shape index (κ3) is 2.89. The summed E-state index contributed by atoms with van der Waals surface area (Å²) in [5.41, 5.74) is 0. The summed E-state index contributed by atoms with van der Waals surface area (Å²) in [6.07, 6.45) is 0. The quantitative estimate of drug-likeness (QED) is 0.664. The van der Waals surface area contributed by atoms with Crippen LogP contribution in [-0.2, 0) is 6.61 Å². The van der Waals surface area contributed by atoms with Crippen molar-refractivity contribution in [1.82, 2.24) is 0 Å². The molecule has 20 heavy (non-hydrogen) atoms. The Balaban J connectivity index is 1.76. The van der Waals surface area contributed by atoms with Crippen LogP contribution in [0.15, 0.2) is 48.5 Å². The second kappa shape index (κ2) is 5.73. The van der Waals surface area contributed by atoms with Crippen LogP contribution in [0.25, 0.3) is 10.1 Å². The molecule has 1 aromatic heterocycles. The van der Waals surface area contributed by atoms with Crippen molar-refractivity contribution in [3.8, 4) is 11.5 Å². The summed E-state index contributed by atoms with van der Waals surface area (Å²) in [6, 6.07) is 15.7. The van der Waals surface area contributed by atoms with Gasteiger partial charge in [0.25, 0.3) is 0 Å². The van der Waals surface area contributed by atoms with Gasteiger partial charge >= 0.3 is 0 Å². The Labute approximate surface area is 126 Å². The lowest BCUT2D eigenvalue weighted by Gasteiger charge is -2.06. The molecule has 0 saturated carbocycles. The smallest absolute Gasteiger partial charge is 0.123 e. The van der Waals surface area contributed by atoms with E-state index >= 15 is 0 Å². The van der Waals surface area contributed by atoms with E-state index in [0.717, 1.165) is 16.5 Å². The number of rotatable bonds is 4. The molecule has 2 nitrogen and oxygen atoms in total. The van der Waals surface area contributed by atoms with E-state index in [1.54, 1.807) is 18.4 Å². The number of fused-ring (bicyclic) bond motifs is 1. The van der Waals surface area contributed by atoms with E-state index in [4.69, 9.17) is 21.1 Å². The van der Waals surface area contributed by atoms with Crippen molar-refractivity contribution in [2.75, 3.05) is 7.11 Å². The third-order valence-electron chi connectivity index (χ3n) is 2.96. The first-order chi connectivity index (χ1) is 9.74. The lowest BCUT2D eigenvalue weighted by Crippen LogP contribution is -1.93. The molecule has 0 bridgehead atoms. The molecule has 0 aliphatic carbocycles. The Morgan fingerprint density at radius 3 is 2.75 bits per heavy atom. The molecule has 102 valence electrons. The molecule has 0 aliphatic heterocycles.